The number of carboxylic acids is 1. The van der Waals surface area contributed by atoms with Gasteiger partial charge < -0.3 is 22.3 Å². The highest BCUT2D eigenvalue weighted by Gasteiger charge is 2.25. The fourth-order valence-electron chi connectivity index (χ4n) is 0.817. The maximum Gasteiger partial charge on any atom is 0.303 e. The Morgan fingerprint density at radius 1 is 1.23 bits per heavy atom. The third kappa shape index (κ3) is 5.15. The number of hydrogen-bond acceptors (Lipinski definition) is 4. The van der Waals surface area contributed by atoms with Crippen molar-refractivity contribution in [2.45, 2.75) is 31.3 Å². The van der Waals surface area contributed by atoms with Gasteiger partial charge in [0.15, 0.2) is 0 Å². The molecule has 0 aliphatic carbocycles. The van der Waals surface area contributed by atoms with Crippen LogP contribution in [-0.4, -0.2) is 22.6 Å². The van der Waals surface area contributed by atoms with Gasteiger partial charge in [-0.25, -0.2) is 0 Å². The fourth-order valence-corrected chi connectivity index (χ4v) is 0.817. The van der Waals surface area contributed by atoms with Crippen LogP contribution in [0.15, 0.2) is 0 Å². The predicted molar refractivity (Wildman–Crippen MR) is 46.4 cm³/mol. The van der Waals surface area contributed by atoms with Gasteiger partial charge in [-0.1, -0.05) is 0 Å². The second kappa shape index (κ2) is 4.78. The van der Waals surface area contributed by atoms with Gasteiger partial charge >= 0.3 is 5.97 Å². The molecule has 6 heteroatoms. The summed E-state index contributed by atoms with van der Waals surface area (Å²) in [5, 5.41) is 8.30. The van der Waals surface area contributed by atoms with Gasteiger partial charge in [0.2, 0.25) is 0 Å². The quantitative estimate of drug-likeness (QED) is 0.305. The molecule has 0 saturated heterocycles. The van der Waals surface area contributed by atoms with E-state index in [9.17, 15) is 9.59 Å². The van der Waals surface area contributed by atoms with Crippen LogP contribution in [0.5, 0.6) is 0 Å². The molecule has 1 amide bonds. The van der Waals surface area contributed by atoms with E-state index in [1.165, 1.54) is 0 Å². The molecule has 0 rings (SSSR count). The molecule has 0 aromatic carbocycles. The highest BCUT2D eigenvalue weighted by molar-refractivity contribution is 5.83. The highest BCUT2D eigenvalue weighted by Crippen LogP contribution is 2.06. The lowest BCUT2D eigenvalue weighted by Crippen LogP contribution is -2.59. The Bertz CT molecular complexity index is 203. The van der Waals surface area contributed by atoms with Crippen LogP contribution in [0.2, 0.25) is 0 Å². The van der Waals surface area contributed by atoms with Crippen LogP contribution >= 0.6 is 0 Å². The molecule has 0 bridgehead atoms. The fraction of sp³-hybridized carbons (Fsp3) is 0.714. The van der Waals surface area contributed by atoms with E-state index in [2.05, 4.69) is 0 Å². The first kappa shape index (κ1) is 11.9. The molecular weight excluding hydrogens is 174 g/mol. The zero-order valence-electron chi connectivity index (χ0n) is 7.32. The molecular formula is C7H15N3O3. The Kier molecular flexibility index (Phi) is 4.36. The van der Waals surface area contributed by atoms with E-state index in [1.807, 2.05) is 0 Å². The molecule has 0 atom stereocenters. The second-order valence-electron chi connectivity index (χ2n) is 3.01. The van der Waals surface area contributed by atoms with Crippen molar-refractivity contribution in [1.82, 2.24) is 0 Å². The average Bonchev–Trinajstić information content (AvgIpc) is 1.97. The summed E-state index contributed by atoms with van der Waals surface area (Å²) in [5.74, 6) is -1.65. The third-order valence-corrected chi connectivity index (χ3v) is 1.69. The Labute approximate surface area is 76.1 Å². The maximum absolute atomic E-state index is 10.6. The van der Waals surface area contributed by atoms with Crippen molar-refractivity contribution in [3.05, 3.63) is 0 Å². The van der Waals surface area contributed by atoms with Crippen molar-refractivity contribution in [3.63, 3.8) is 0 Å². The van der Waals surface area contributed by atoms with E-state index >= 15 is 0 Å². The summed E-state index contributed by atoms with van der Waals surface area (Å²) in [5.41, 5.74) is 14.1. The van der Waals surface area contributed by atoms with Crippen molar-refractivity contribution in [1.29, 1.82) is 0 Å². The maximum atomic E-state index is 10.6. The SMILES string of the molecule is NC(=O)C(N)(N)CCCCC(=O)O. The summed E-state index contributed by atoms with van der Waals surface area (Å²) >= 11 is 0. The average molecular weight is 189 g/mol. The summed E-state index contributed by atoms with van der Waals surface area (Å²) in [6.45, 7) is 0. The van der Waals surface area contributed by atoms with Crippen molar-refractivity contribution in [2.75, 3.05) is 0 Å². The molecule has 0 spiro atoms. The van der Waals surface area contributed by atoms with Crippen LogP contribution in [0.25, 0.3) is 0 Å². The van der Waals surface area contributed by atoms with Gasteiger partial charge in [0.1, 0.15) is 5.66 Å². The molecule has 0 heterocycles. The Hall–Kier alpha value is -1.14. The normalized spacial score (nSPS) is 11.2. The lowest BCUT2D eigenvalue weighted by molar-refractivity contribution is -0.137. The summed E-state index contributed by atoms with van der Waals surface area (Å²) in [4.78, 5) is 20.7. The third-order valence-electron chi connectivity index (χ3n) is 1.69. The zero-order chi connectivity index (χ0) is 10.5. The van der Waals surface area contributed by atoms with Crippen LogP contribution in [0, 0.1) is 0 Å². The van der Waals surface area contributed by atoms with Gasteiger partial charge in [-0.05, 0) is 19.3 Å². The van der Waals surface area contributed by atoms with Crippen molar-refractivity contribution in [2.24, 2.45) is 17.2 Å². The summed E-state index contributed by atoms with van der Waals surface area (Å²) < 4.78 is 0. The molecule has 0 saturated carbocycles. The number of carbonyl (C=O) groups excluding carboxylic acids is 1. The molecule has 76 valence electrons. The molecule has 7 N–H and O–H groups in total. The van der Waals surface area contributed by atoms with Gasteiger partial charge in [-0.15, -0.1) is 0 Å². The van der Waals surface area contributed by atoms with Crippen LogP contribution in [0.1, 0.15) is 25.7 Å². The van der Waals surface area contributed by atoms with Crippen molar-refractivity contribution in [3.8, 4) is 0 Å². The van der Waals surface area contributed by atoms with Crippen LogP contribution < -0.4 is 17.2 Å². The van der Waals surface area contributed by atoms with Gasteiger partial charge in [-0.3, -0.25) is 9.59 Å². The highest BCUT2D eigenvalue weighted by atomic mass is 16.4. The predicted octanol–water partition coefficient (Wildman–Crippen LogP) is -1.27. The minimum Gasteiger partial charge on any atom is -0.481 e. The van der Waals surface area contributed by atoms with E-state index < -0.39 is 17.5 Å². The first-order valence-electron chi connectivity index (χ1n) is 3.95. The van der Waals surface area contributed by atoms with E-state index in [-0.39, 0.29) is 12.8 Å². The molecule has 0 aliphatic rings. The molecule has 13 heavy (non-hydrogen) atoms. The van der Waals surface area contributed by atoms with Crippen LogP contribution in [0.4, 0.5) is 0 Å². The number of carboxylic acid groups (broad SMARTS) is 1. The molecule has 0 fully saturated rings. The standard InChI is InChI=1S/C7H15N3O3/c8-6(13)7(9,10)4-2-1-3-5(11)12/h1-4,9-10H2,(H2,8,13)(H,11,12). The molecule has 0 aromatic rings. The van der Waals surface area contributed by atoms with Crippen molar-refractivity contribution >= 4 is 11.9 Å². The number of carbonyl (C=O) groups is 2. The lowest BCUT2D eigenvalue weighted by Gasteiger charge is -2.19. The number of aliphatic carboxylic acids is 1. The van der Waals surface area contributed by atoms with E-state index in [1.54, 1.807) is 0 Å². The van der Waals surface area contributed by atoms with Crippen LogP contribution in [-0.2, 0) is 9.59 Å². The largest absolute Gasteiger partial charge is 0.481 e. The number of nitrogens with two attached hydrogens (primary N) is 3. The first-order valence-corrected chi connectivity index (χ1v) is 3.95. The minimum absolute atomic E-state index is 0.0504. The summed E-state index contributed by atoms with van der Waals surface area (Å²) in [6.07, 6.45) is 1.17. The molecule has 0 aromatic heterocycles. The van der Waals surface area contributed by atoms with E-state index in [0.29, 0.717) is 12.8 Å². The monoisotopic (exact) mass is 189 g/mol. The van der Waals surface area contributed by atoms with E-state index in [0.717, 1.165) is 0 Å². The first-order chi connectivity index (χ1) is 5.86. The summed E-state index contributed by atoms with van der Waals surface area (Å²) in [6, 6.07) is 0. The molecule has 0 unspecified atom stereocenters. The Morgan fingerprint density at radius 3 is 2.15 bits per heavy atom. The second-order valence-corrected chi connectivity index (χ2v) is 3.01. The molecule has 0 aliphatic heterocycles. The number of amides is 1. The van der Waals surface area contributed by atoms with Gasteiger partial charge in [-0.2, -0.15) is 0 Å². The smallest absolute Gasteiger partial charge is 0.303 e. The van der Waals surface area contributed by atoms with Gasteiger partial charge in [0, 0.05) is 6.42 Å². The van der Waals surface area contributed by atoms with Crippen molar-refractivity contribution < 1.29 is 14.7 Å². The molecule has 6 nitrogen and oxygen atoms in total. The number of hydrogen-bond donors (Lipinski definition) is 4. The summed E-state index contributed by atoms with van der Waals surface area (Å²) in [7, 11) is 0. The number of rotatable bonds is 6. The lowest BCUT2D eigenvalue weighted by atomic mass is 10.0. The van der Waals surface area contributed by atoms with Crippen LogP contribution in [0.3, 0.4) is 0 Å². The van der Waals surface area contributed by atoms with E-state index in [4.69, 9.17) is 22.3 Å². The number of primary amides is 1. The Balaban J connectivity index is 3.64. The zero-order valence-corrected chi connectivity index (χ0v) is 7.32. The topological polar surface area (TPSA) is 132 Å². The Morgan fingerprint density at radius 2 is 1.77 bits per heavy atom. The van der Waals surface area contributed by atoms with Gasteiger partial charge in [0.05, 0.1) is 0 Å². The minimum atomic E-state index is -1.52. The van der Waals surface area contributed by atoms with Gasteiger partial charge in [0.25, 0.3) is 5.91 Å². The molecule has 0 radical (unpaired) electrons. The number of unbranched alkanes of at least 4 members (excludes halogenated alkanes) is 1.